The Balaban J connectivity index is 2.71. The van der Waals surface area contributed by atoms with Crippen molar-refractivity contribution in [2.45, 2.75) is 65.3 Å². The fraction of sp³-hybridized carbons (Fsp3) is 0.571. The second-order valence-electron chi connectivity index (χ2n) is 8.03. The Morgan fingerprint density at radius 1 is 1.03 bits per heavy atom. The van der Waals surface area contributed by atoms with Gasteiger partial charge in [0, 0.05) is 0 Å². The van der Waals surface area contributed by atoms with Crippen LogP contribution in [-0.2, 0) is 30.4 Å². The minimum Gasteiger partial charge on any atom is -0.464 e. The molecule has 0 spiro atoms. The lowest BCUT2D eigenvalue weighted by Crippen LogP contribution is -2.59. The highest BCUT2D eigenvalue weighted by molar-refractivity contribution is 5.92. The number of nitrogens with one attached hydrogen (secondary N) is 2. The average molecular weight is 408 g/mol. The molecular formula is C21H32N2O6. The van der Waals surface area contributed by atoms with Gasteiger partial charge in [-0.2, -0.15) is 0 Å². The van der Waals surface area contributed by atoms with Gasteiger partial charge in [0.05, 0.1) is 19.8 Å². The average Bonchev–Trinajstić information content (AvgIpc) is 2.59. The smallest absolute Gasteiger partial charge is 0.408 e. The summed E-state index contributed by atoms with van der Waals surface area (Å²) in [5.41, 5.74) is -1.07. The van der Waals surface area contributed by atoms with Crippen molar-refractivity contribution in [1.29, 1.82) is 0 Å². The number of hydrogen-bond donors (Lipinski definition) is 2. The standard InChI is InChI=1S/C21H32N2O6/c1-7-28-17(24)16(14-27-13-15-11-9-8-10-12-15)22-18(25)21(5,6)23-19(26)29-20(2,3)4/h8-12,16H,7,13-14H2,1-6H3,(H,22,25)(H,23,26)/t16-/m1/s1. The van der Waals surface area contributed by atoms with Gasteiger partial charge in [-0.3, -0.25) is 4.79 Å². The van der Waals surface area contributed by atoms with Gasteiger partial charge in [-0.15, -0.1) is 0 Å². The fourth-order valence-electron chi connectivity index (χ4n) is 2.23. The van der Waals surface area contributed by atoms with Gasteiger partial charge in [-0.25, -0.2) is 9.59 Å². The predicted octanol–water partition coefficient (Wildman–Crippen LogP) is 2.55. The molecule has 1 atom stereocenters. The van der Waals surface area contributed by atoms with Gasteiger partial charge >= 0.3 is 12.1 Å². The van der Waals surface area contributed by atoms with Crippen LogP contribution in [0.2, 0.25) is 0 Å². The second kappa shape index (κ2) is 10.8. The van der Waals surface area contributed by atoms with Gasteiger partial charge in [-0.05, 0) is 47.1 Å². The van der Waals surface area contributed by atoms with Crippen molar-refractivity contribution in [3.63, 3.8) is 0 Å². The summed E-state index contributed by atoms with van der Waals surface area (Å²) >= 11 is 0. The van der Waals surface area contributed by atoms with E-state index in [-0.39, 0.29) is 19.8 Å². The Bertz CT molecular complexity index is 682. The Morgan fingerprint density at radius 3 is 2.21 bits per heavy atom. The Morgan fingerprint density at radius 2 is 1.66 bits per heavy atom. The van der Waals surface area contributed by atoms with Gasteiger partial charge in [0.25, 0.3) is 0 Å². The predicted molar refractivity (Wildman–Crippen MR) is 108 cm³/mol. The molecule has 0 bridgehead atoms. The first-order valence-electron chi connectivity index (χ1n) is 9.55. The number of hydrogen-bond acceptors (Lipinski definition) is 6. The minimum atomic E-state index is -1.31. The number of benzene rings is 1. The van der Waals surface area contributed by atoms with E-state index in [2.05, 4.69) is 10.6 Å². The first-order chi connectivity index (χ1) is 13.4. The Hall–Kier alpha value is -2.61. The van der Waals surface area contributed by atoms with Crippen molar-refractivity contribution in [1.82, 2.24) is 10.6 Å². The molecule has 1 aromatic rings. The zero-order chi connectivity index (χ0) is 22.1. The van der Waals surface area contributed by atoms with Crippen LogP contribution in [0.25, 0.3) is 0 Å². The molecule has 0 saturated carbocycles. The molecule has 162 valence electrons. The normalized spacial score (nSPS) is 12.6. The van der Waals surface area contributed by atoms with Crippen LogP contribution in [0.15, 0.2) is 30.3 Å². The number of carbonyl (C=O) groups is 3. The van der Waals surface area contributed by atoms with Crippen LogP contribution >= 0.6 is 0 Å². The molecule has 0 heterocycles. The quantitative estimate of drug-likeness (QED) is 0.609. The Kier molecular flexibility index (Phi) is 9.10. The summed E-state index contributed by atoms with van der Waals surface area (Å²) < 4.78 is 15.8. The van der Waals surface area contributed by atoms with Crippen molar-refractivity contribution < 1.29 is 28.6 Å². The van der Waals surface area contributed by atoms with Crippen LogP contribution in [0, 0.1) is 0 Å². The zero-order valence-electron chi connectivity index (χ0n) is 18.0. The topological polar surface area (TPSA) is 103 Å². The SMILES string of the molecule is CCOC(=O)[C@@H](COCc1ccccc1)NC(=O)C(C)(C)NC(=O)OC(C)(C)C. The van der Waals surface area contributed by atoms with E-state index in [4.69, 9.17) is 14.2 Å². The van der Waals surface area contributed by atoms with E-state index in [9.17, 15) is 14.4 Å². The van der Waals surface area contributed by atoms with E-state index in [0.717, 1.165) is 5.56 Å². The largest absolute Gasteiger partial charge is 0.464 e. The number of amides is 2. The third kappa shape index (κ3) is 9.43. The molecular weight excluding hydrogens is 376 g/mol. The van der Waals surface area contributed by atoms with Crippen molar-refractivity contribution in [3.8, 4) is 0 Å². The van der Waals surface area contributed by atoms with Crippen molar-refractivity contribution in [2.24, 2.45) is 0 Å². The second-order valence-corrected chi connectivity index (χ2v) is 8.03. The maximum absolute atomic E-state index is 12.7. The van der Waals surface area contributed by atoms with Crippen molar-refractivity contribution in [3.05, 3.63) is 35.9 Å². The van der Waals surface area contributed by atoms with E-state index in [0.29, 0.717) is 0 Å². The van der Waals surface area contributed by atoms with E-state index in [1.807, 2.05) is 30.3 Å². The molecule has 0 radical (unpaired) electrons. The minimum absolute atomic E-state index is 0.0675. The van der Waals surface area contributed by atoms with Crippen molar-refractivity contribution in [2.75, 3.05) is 13.2 Å². The van der Waals surface area contributed by atoms with Crippen LogP contribution in [0.5, 0.6) is 0 Å². The number of carbonyl (C=O) groups excluding carboxylic acids is 3. The monoisotopic (exact) mass is 408 g/mol. The molecule has 1 aromatic carbocycles. The van der Waals surface area contributed by atoms with E-state index < -0.39 is 35.2 Å². The van der Waals surface area contributed by atoms with Gasteiger partial charge in [-0.1, -0.05) is 30.3 Å². The van der Waals surface area contributed by atoms with Gasteiger partial charge in [0.2, 0.25) is 5.91 Å². The number of alkyl carbamates (subject to hydrolysis) is 1. The van der Waals surface area contributed by atoms with Gasteiger partial charge < -0.3 is 24.8 Å². The third-order valence-corrected chi connectivity index (χ3v) is 3.65. The van der Waals surface area contributed by atoms with Crippen LogP contribution in [0.1, 0.15) is 47.1 Å². The van der Waals surface area contributed by atoms with Crippen LogP contribution in [0.4, 0.5) is 4.79 Å². The zero-order valence-corrected chi connectivity index (χ0v) is 18.0. The molecule has 8 nitrogen and oxygen atoms in total. The summed E-state index contributed by atoms with van der Waals surface area (Å²) in [6.07, 6.45) is -0.731. The van der Waals surface area contributed by atoms with E-state index in [1.165, 1.54) is 13.8 Å². The highest BCUT2D eigenvalue weighted by atomic mass is 16.6. The molecule has 29 heavy (non-hydrogen) atoms. The summed E-state index contributed by atoms with van der Waals surface area (Å²) in [6.45, 7) is 10.3. The fourth-order valence-corrected chi connectivity index (χ4v) is 2.23. The lowest BCUT2D eigenvalue weighted by molar-refractivity contribution is -0.150. The van der Waals surface area contributed by atoms with Crippen LogP contribution in [-0.4, -0.2) is 48.4 Å². The third-order valence-electron chi connectivity index (χ3n) is 3.65. The summed E-state index contributed by atoms with van der Waals surface area (Å²) in [6, 6.07) is 8.44. The van der Waals surface area contributed by atoms with E-state index >= 15 is 0 Å². The Labute approximate surface area is 172 Å². The summed E-state index contributed by atoms with van der Waals surface area (Å²) in [4.78, 5) is 36.9. The first-order valence-corrected chi connectivity index (χ1v) is 9.55. The molecule has 0 unspecified atom stereocenters. The highest BCUT2D eigenvalue weighted by Gasteiger charge is 2.34. The first kappa shape index (κ1) is 24.4. The summed E-state index contributed by atoms with van der Waals surface area (Å²) in [5.74, 6) is -1.17. The van der Waals surface area contributed by atoms with Gasteiger partial charge in [0.1, 0.15) is 11.1 Å². The number of ether oxygens (including phenoxy) is 3. The molecule has 0 aliphatic rings. The highest BCUT2D eigenvalue weighted by Crippen LogP contribution is 2.10. The molecule has 0 aliphatic heterocycles. The summed E-state index contributed by atoms with van der Waals surface area (Å²) in [5, 5.41) is 5.09. The lowest BCUT2D eigenvalue weighted by atomic mass is 10.0. The maximum Gasteiger partial charge on any atom is 0.408 e. The number of rotatable bonds is 9. The molecule has 0 aromatic heterocycles. The van der Waals surface area contributed by atoms with Crippen LogP contribution < -0.4 is 10.6 Å². The molecule has 8 heteroatoms. The van der Waals surface area contributed by atoms with Gasteiger partial charge in [0.15, 0.2) is 6.04 Å². The van der Waals surface area contributed by atoms with E-state index in [1.54, 1.807) is 27.7 Å². The lowest BCUT2D eigenvalue weighted by Gasteiger charge is -2.29. The molecule has 0 aliphatic carbocycles. The van der Waals surface area contributed by atoms with Crippen molar-refractivity contribution >= 4 is 18.0 Å². The molecule has 2 N–H and O–H groups in total. The molecule has 0 fully saturated rings. The molecule has 2 amide bonds. The number of esters is 1. The molecule has 1 rings (SSSR count). The van der Waals surface area contributed by atoms with Crippen LogP contribution in [0.3, 0.4) is 0 Å². The maximum atomic E-state index is 12.7. The molecule has 0 saturated heterocycles. The summed E-state index contributed by atoms with van der Waals surface area (Å²) in [7, 11) is 0.